The lowest BCUT2D eigenvalue weighted by atomic mass is 10.1. The van der Waals surface area contributed by atoms with Crippen LogP contribution in [0.1, 0.15) is 25.7 Å². The molecule has 3 aromatic carbocycles. The Hall–Kier alpha value is -3.54. The minimum Gasteiger partial charge on any atom is -0.508 e. The second kappa shape index (κ2) is 8.22. The molecule has 0 saturated heterocycles. The number of fused-ring (bicyclic) bond motifs is 2. The summed E-state index contributed by atoms with van der Waals surface area (Å²) in [7, 11) is 0. The number of carbonyl (C=O) groups is 1. The van der Waals surface area contributed by atoms with Crippen molar-refractivity contribution in [3.05, 3.63) is 54.6 Å². The molecule has 0 amide bonds. The number of phenolic OH excluding ortho intramolecular Hbond substituents is 1. The van der Waals surface area contributed by atoms with Gasteiger partial charge in [-0.3, -0.25) is 4.79 Å². The van der Waals surface area contributed by atoms with Crippen molar-refractivity contribution in [2.45, 2.75) is 25.7 Å². The molecule has 4 rings (SSSR count). The standard InChI is InChI=1S/C23H21NO5/c25-18-8-10-20-21(14-18)29-23(24-20)17-6-5-16-13-19(9-7-15(16)12-17)28-11-3-1-2-4-22(26)27/h5-10,12-14,25H,1-4,11H2,(H,26,27). The maximum Gasteiger partial charge on any atom is 0.303 e. The number of nitrogens with zero attached hydrogens (tertiary/aromatic N) is 1. The number of oxazole rings is 1. The average molecular weight is 391 g/mol. The molecule has 0 aliphatic carbocycles. The zero-order valence-corrected chi connectivity index (χ0v) is 15.8. The van der Waals surface area contributed by atoms with Crippen LogP contribution in [0.3, 0.4) is 0 Å². The quantitative estimate of drug-likeness (QED) is 0.392. The van der Waals surface area contributed by atoms with Crippen molar-refractivity contribution < 1.29 is 24.2 Å². The summed E-state index contributed by atoms with van der Waals surface area (Å²) in [5.41, 5.74) is 2.11. The molecule has 1 aromatic heterocycles. The highest BCUT2D eigenvalue weighted by molar-refractivity contribution is 5.88. The number of hydrogen-bond acceptors (Lipinski definition) is 5. The Morgan fingerprint density at radius 3 is 2.66 bits per heavy atom. The number of ether oxygens (including phenoxy) is 1. The summed E-state index contributed by atoms with van der Waals surface area (Å²) in [6.45, 7) is 0.568. The van der Waals surface area contributed by atoms with Gasteiger partial charge in [-0.25, -0.2) is 4.98 Å². The van der Waals surface area contributed by atoms with E-state index in [1.165, 1.54) is 0 Å². The Kier molecular flexibility index (Phi) is 5.33. The number of aliphatic carboxylic acids is 1. The van der Waals surface area contributed by atoms with Gasteiger partial charge in [0, 0.05) is 18.1 Å². The van der Waals surface area contributed by atoms with Crippen LogP contribution in [0.4, 0.5) is 0 Å². The monoisotopic (exact) mass is 391 g/mol. The van der Waals surface area contributed by atoms with E-state index >= 15 is 0 Å². The average Bonchev–Trinajstić information content (AvgIpc) is 3.13. The zero-order chi connectivity index (χ0) is 20.2. The van der Waals surface area contributed by atoms with Crippen molar-refractivity contribution in [2.24, 2.45) is 0 Å². The van der Waals surface area contributed by atoms with Crippen LogP contribution in [0.15, 0.2) is 59.0 Å². The molecule has 0 aliphatic heterocycles. The molecule has 0 aliphatic rings. The van der Waals surface area contributed by atoms with Gasteiger partial charge < -0.3 is 19.4 Å². The molecule has 0 saturated carbocycles. The van der Waals surface area contributed by atoms with Gasteiger partial charge in [0.2, 0.25) is 5.89 Å². The second-order valence-electron chi connectivity index (χ2n) is 6.95. The van der Waals surface area contributed by atoms with Gasteiger partial charge in [0.05, 0.1) is 6.61 Å². The lowest BCUT2D eigenvalue weighted by molar-refractivity contribution is -0.137. The number of carboxylic acids is 1. The fraction of sp³-hybridized carbons (Fsp3) is 0.217. The maximum absolute atomic E-state index is 10.5. The van der Waals surface area contributed by atoms with Gasteiger partial charge in [0.1, 0.15) is 17.0 Å². The van der Waals surface area contributed by atoms with E-state index in [2.05, 4.69) is 4.98 Å². The molecule has 0 unspecified atom stereocenters. The van der Waals surface area contributed by atoms with Gasteiger partial charge in [-0.1, -0.05) is 12.1 Å². The summed E-state index contributed by atoms with van der Waals surface area (Å²) in [5.74, 6) is 0.693. The molecule has 4 aromatic rings. The molecule has 2 N–H and O–H groups in total. The Morgan fingerprint density at radius 2 is 1.79 bits per heavy atom. The maximum atomic E-state index is 10.5. The smallest absolute Gasteiger partial charge is 0.303 e. The molecule has 148 valence electrons. The van der Waals surface area contributed by atoms with Gasteiger partial charge in [-0.15, -0.1) is 0 Å². The number of unbranched alkanes of at least 4 members (excludes halogenated alkanes) is 2. The fourth-order valence-electron chi connectivity index (χ4n) is 3.23. The SMILES string of the molecule is O=C(O)CCCCCOc1ccc2cc(-c3nc4ccc(O)cc4o3)ccc2c1. The molecule has 6 heteroatoms. The Bertz CT molecular complexity index is 1160. The minimum atomic E-state index is -0.754. The molecule has 0 fully saturated rings. The first-order valence-corrected chi connectivity index (χ1v) is 9.57. The number of carboxylic acid groups (broad SMARTS) is 1. The summed E-state index contributed by atoms with van der Waals surface area (Å²) in [6.07, 6.45) is 2.55. The van der Waals surface area contributed by atoms with E-state index in [1.54, 1.807) is 18.2 Å². The van der Waals surface area contributed by atoms with Gasteiger partial charge in [0.15, 0.2) is 5.58 Å². The van der Waals surface area contributed by atoms with Crippen LogP contribution in [-0.4, -0.2) is 27.8 Å². The van der Waals surface area contributed by atoms with Crippen LogP contribution < -0.4 is 4.74 Å². The lowest BCUT2D eigenvalue weighted by Gasteiger charge is -2.08. The highest BCUT2D eigenvalue weighted by Crippen LogP contribution is 2.30. The van der Waals surface area contributed by atoms with Crippen molar-refractivity contribution in [1.82, 2.24) is 4.98 Å². The molecule has 6 nitrogen and oxygen atoms in total. The Labute approximate surface area is 167 Å². The summed E-state index contributed by atoms with van der Waals surface area (Å²) in [4.78, 5) is 15.0. The number of aromatic nitrogens is 1. The van der Waals surface area contributed by atoms with E-state index in [1.807, 2.05) is 36.4 Å². The first-order valence-electron chi connectivity index (χ1n) is 9.57. The molecule has 0 spiro atoms. The Balaban J connectivity index is 1.44. The van der Waals surface area contributed by atoms with Gasteiger partial charge in [-0.05, 0) is 66.4 Å². The van der Waals surface area contributed by atoms with Gasteiger partial charge >= 0.3 is 5.97 Å². The Morgan fingerprint density at radius 1 is 0.966 bits per heavy atom. The highest BCUT2D eigenvalue weighted by atomic mass is 16.5. The molecular weight excluding hydrogens is 370 g/mol. The van der Waals surface area contributed by atoms with E-state index in [9.17, 15) is 9.90 Å². The third-order valence-corrected chi connectivity index (χ3v) is 4.73. The molecule has 0 bridgehead atoms. The summed E-state index contributed by atoms with van der Waals surface area (Å²) >= 11 is 0. The van der Waals surface area contributed by atoms with Crippen molar-refractivity contribution in [3.63, 3.8) is 0 Å². The van der Waals surface area contributed by atoms with Crippen molar-refractivity contribution >= 4 is 27.8 Å². The molecule has 0 atom stereocenters. The van der Waals surface area contributed by atoms with E-state index in [0.29, 0.717) is 30.0 Å². The number of benzene rings is 3. The largest absolute Gasteiger partial charge is 0.508 e. The number of aromatic hydroxyl groups is 1. The van der Waals surface area contributed by atoms with Gasteiger partial charge in [-0.2, -0.15) is 0 Å². The first-order chi connectivity index (χ1) is 14.1. The zero-order valence-electron chi connectivity index (χ0n) is 15.8. The second-order valence-corrected chi connectivity index (χ2v) is 6.95. The summed E-state index contributed by atoms with van der Waals surface area (Å²) < 4.78 is 11.6. The third kappa shape index (κ3) is 4.48. The van der Waals surface area contributed by atoms with Crippen LogP contribution >= 0.6 is 0 Å². The number of phenols is 1. The molecular formula is C23H21NO5. The van der Waals surface area contributed by atoms with Gasteiger partial charge in [0.25, 0.3) is 0 Å². The van der Waals surface area contributed by atoms with Crippen LogP contribution in [0, 0.1) is 0 Å². The summed E-state index contributed by atoms with van der Waals surface area (Å²) in [5, 5.41) is 20.3. The van der Waals surface area contributed by atoms with Crippen molar-refractivity contribution in [2.75, 3.05) is 6.61 Å². The predicted molar refractivity (Wildman–Crippen MR) is 110 cm³/mol. The van der Waals surface area contributed by atoms with Crippen molar-refractivity contribution in [3.8, 4) is 23.0 Å². The molecule has 0 radical (unpaired) electrons. The predicted octanol–water partition coefficient (Wildman–Crippen LogP) is 5.38. The summed E-state index contributed by atoms with van der Waals surface area (Å²) in [6, 6.07) is 16.7. The van der Waals surface area contributed by atoms with E-state index in [-0.39, 0.29) is 12.2 Å². The molecule has 1 heterocycles. The highest BCUT2D eigenvalue weighted by Gasteiger charge is 2.10. The van der Waals surface area contributed by atoms with E-state index in [0.717, 1.165) is 34.9 Å². The molecule has 29 heavy (non-hydrogen) atoms. The number of rotatable bonds is 8. The van der Waals surface area contributed by atoms with E-state index in [4.69, 9.17) is 14.3 Å². The normalized spacial score (nSPS) is 11.2. The topological polar surface area (TPSA) is 92.8 Å². The lowest BCUT2D eigenvalue weighted by Crippen LogP contribution is -1.99. The fourth-order valence-corrected chi connectivity index (χ4v) is 3.23. The van der Waals surface area contributed by atoms with Crippen LogP contribution in [-0.2, 0) is 4.79 Å². The minimum absolute atomic E-state index is 0.146. The van der Waals surface area contributed by atoms with E-state index < -0.39 is 5.97 Å². The first kappa shape index (κ1) is 18.8. The third-order valence-electron chi connectivity index (χ3n) is 4.73. The van der Waals surface area contributed by atoms with Crippen LogP contribution in [0.25, 0.3) is 33.3 Å². The van der Waals surface area contributed by atoms with Crippen molar-refractivity contribution in [1.29, 1.82) is 0 Å². The number of hydrogen-bond donors (Lipinski definition) is 2. The van der Waals surface area contributed by atoms with Crippen LogP contribution in [0.2, 0.25) is 0 Å². The van der Waals surface area contributed by atoms with Crippen LogP contribution in [0.5, 0.6) is 11.5 Å².